The van der Waals surface area contributed by atoms with Crippen molar-refractivity contribution in [1.82, 2.24) is 0 Å². The highest BCUT2D eigenvalue weighted by molar-refractivity contribution is 5.78. The van der Waals surface area contributed by atoms with E-state index in [-0.39, 0.29) is 18.3 Å². The maximum atomic E-state index is 12.0. The van der Waals surface area contributed by atoms with Crippen LogP contribution in [0.3, 0.4) is 0 Å². The van der Waals surface area contributed by atoms with Gasteiger partial charge in [0.1, 0.15) is 17.2 Å². The summed E-state index contributed by atoms with van der Waals surface area (Å²) in [7, 11) is 0. The molecule has 0 spiro atoms. The molecule has 1 heterocycles. The number of carboxylic acids is 1. The van der Waals surface area contributed by atoms with Crippen molar-refractivity contribution in [3.05, 3.63) is 53.6 Å². The number of carbonyl (C=O) groups is 2. The van der Waals surface area contributed by atoms with Crippen molar-refractivity contribution in [3.63, 3.8) is 0 Å². The molecule has 1 unspecified atom stereocenters. The molecule has 26 heavy (non-hydrogen) atoms. The number of ether oxygens (including phenoxy) is 3. The van der Waals surface area contributed by atoms with Crippen molar-refractivity contribution in [3.8, 4) is 17.2 Å². The van der Waals surface area contributed by atoms with Gasteiger partial charge in [-0.15, -0.1) is 0 Å². The van der Waals surface area contributed by atoms with Crippen molar-refractivity contribution in [1.29, 1.82) is 0 Å². The van der Waals surface area contributed by atoms with Gasteiger partial charge in [0.15, 0.2) is 6.61 Å². The minimum atomic E-state index is -1.07. The Balaban J connectivity index is 1.83. The molecule has 2 aromatic carbocycles. The molecule has 0 amide bonds. The van der Waals surface area contributed by atoms with E-state index in [1.807, 2.05) is 37.3 Å². The molecule has 1 aliphatic heterocycles. The zero-order valence-electron chi connectivity index (χ0n) is 14.4. The Labute approximate surface area is 151 Å². The van der Waals surface area contributed by atoms with Crippen LogP contribution in [0.5, 0.6) is 17.2 Å². The zero-order chi connectivity index (χ0) is 18.5. The Bertz CT molecular complexity index is 796. The lowest BCUT2D eigenvalue weighted by molar-refractivity contribution is -0.139. The predicted octanol–water partition coefficient (Wildman–Crippen LogP) is 3.38. The largest absolute Gasteiger partial charge is 0.494 e. The molecule has 6 heteroatoms. The van der Waals surface area contributed by atoms with Crippen molar-refractivity contribution >= 4 is 11.9 Å². The summed E-state index contributed by atoms with van der Waals surface area (Å²) in [5, 5.41) is 8.70. The number of benzene rings is 2. The number of carbonyl (C=O) groups excluding carboxylic acids is 1. The van der Waals surface area contributed by atoms with Crippen molar-refractivity contribution in [2.24, 2.45) is 0 Å². The van der Waals surface area contributed by atoms with Crippen LogP contribution >= 0.6 is 0 Å². The second kappa shape index (κ2) is 7.91. The standard InChI is InChI=1S/C20H20O6/c1-2-9-24-14-5-3-13(4-6-14)17-11-20(23)26-18-10-15(7-8-16(17)18)25-12-19(21)22/h3-8,10,17H,2,9,11-12H2,1H3,(H,21,22). The summed E-state index contributed by atoms with van der Waals surface area (Å²) in [6.07, 6.45) is 1.19. The Hall–Kier alpha value is -3.02. The predicted molar refractivity (Wildman–Crippen MR) is 93.9 cm³/mol. The Morgan fingerprint density at radius 3 is 2.58 bits per heavy atom. The van der Waals surface area contributed by atoms with Crippen LogP contribution in [-0.2, 0) is 9.59 Å². The number of fused-ring (bicyclic) bond motifs is 1. The molecule has 0 saturated carbocycles. The first-order chi connectivity index (χ1) is 12.6. The molecule has 6 nitrogen and oxygen atoms in total. The number of hydrogen-bond acceptors (Lipinski definition) is 5. The smallest absolute Gasteiger partial charge is 0.341 e. The molecule has 0 radical (unpaired) electrons. The topological polar surface area (TPSA) is 82.1 Å². The lowest BCUT2D eigenvalue weighted by Crippen LogP contribution is -2.21. The summed E-state index contributed by atoms with van der Waals surface area (Å²) in [4.78, 5) is 22.6. The molecule has 0 saturated heterocycles. The number of esters is 1. The molecule has 1 N–H and O–H groups in total. The molecule has 1 aliphatic rings. The molecular weight excluding hydrogens is 336 g/mol. The molecule has 0 aromatic heterocycles. The molecule has 1 atom stereocenters. The SMILES string of the molecule is CCCOc1ccc(C2CC(=O)Oc3cc(OCC(=O)O)ccc32)cc1. The van der Waals surface area contributed by atoms with Gasteiger partial charge in [-0.25, -0.2) is 4.79 Å². The molecule has 2 aromatic rings. The number of rotatable bonds is 7. The van der Waals surface area contributed by atoms with Gasteiger partial charge in [0, 0.05) is 17.5 Å². The summed E-state index contributed by atoms with van der Waals surface area (Å²) in [6.45, 7) is 2.26. The lowest BCUT2D eigenvalue weighted by Gasteiger charge is -2.25. The third-order valence-electron chi connectivity index (χ3n) is 4.07. The summed E-state index contributed by atoms with van der Waals surface area (Å²) in [6, 6.07) is 12.8. The highest BCUT2D eigenvalue weighted by Gasteiger charge is 2.28. The van der Waals surface area contributed by atoms with Gasteiger partial charge in [0.05, 0.1) is 13.0 Å². The van der Waals surface area contributed by atoms with E-state index in [1.165, 1.54) is 0 Å². The van der Waals surface area contributed by atoms with Gasteiger partial charge in [-0.3, -0.25) is 4.79 Å². The van der Waals surface area contributed by atoms with Crippen LogP contribution in [0.15, 0.2) is 42.5 Å². The molecule has 3 rings (SSSR count). The molecule has 0 bridgehead atoms. The fourth-order valence-electron chi connectivity index (χ4n) is 2.88. The van der Waals surface area contributed by atoms with E-state index in [1.54, 1.807) is 12.1 Å². The van der Waals surface area contributed by atoms with Gasteiger partial charge < -0.3 is 19.3 Å². The minimum absolute atomic E-state index is 0.125. The zero-order valence-corrected chi connectivity index (χ0v) is 14.4. The maximum Gasteiger partial charge on any atom is 0.341 e. The van der Waals surface area contributed by atoms with Crippen molar-refractivity contribution in [2.45, 2.75) is 25.7 Å². The van der Waals surface area contributed by atoms with Gasteiger partial charge in [-0.05, 0) is 30.2 Å². The summed E-state index contributed by atoms with van der Waals surface area (Å²) >= 11 is 0. The van der Waals surface area contributed by atoms with Crippen molar-refractivity contribution in [2.75, 3.05) is 13.2 Å². The average Bonchev–Trinajstić information content (AvgIpc) is 2.64. The number of carboxylic acid groups (broad SMARTS) is 1. The summed E-state index contributed by atoms with van der Waals surface area (Å²) < 4.78 is 16.1. The fraction of sp³-hybridized carbons (Fsp3) is 0.300. The van der Waals surface area contributed by atoms with Gasteiger partial charge in [0.25, 0.3) is 0 Å². The average molecular weight is 356 g/mol. The van der Waals surface area contributed by atoms with Gasteiger partial charge in [-0.1, -0.05) is 25.1 Å². The van der Waals surface area contributed by atoms with Gasteiger partial charge in [0.2, 0.25) is 0 Å². The van der Waals surface area contributed by atoms with Crippen LogP contribution in [0, 0.1) is 0 Å². The number of aliphatic carboxylic acids is 1. The van der Waals surface area contributed by atoms with Crippen LogP contribution in [0.2, 0.25) is 0 Å². The lowest BCUT2D eigenvalue weighted by atomic mass is 9.86. The molecular formula is C20H20O6. The second-order valence-corrected chi connectivity index (χ2v) is 6.03. The Morgan fingerprint density at radius 1 is 1.15 bits per heavy atom. The van der Waals surface area contributed by atoms with Crippen LogP contribution in [0.25, 0.3) is 0 Å². The highest BCUT2D eigenvalue weighted by Crippen LogP contribution is 2.40. The first kappa shape index (κ1) is 17.8. The highest BCUT2D eigenvalue weighted by atomic mass is 16.5. The summed E-state index contributed by atoms with van der Waals surface area (Å²) in [5.41, 5.74) is 1.86. The van der Waals surface area contributed by atoms with E-state index in [0.717, 1.165) is 23.3 Å². The van der Waals surface area contributed by atoms with E-state index in [2.05, 4.69) is 0 Å². The normalized spacial score (nSPS) is 15.7. The van der Waals surface area contributed by atoms with Crippen LogP contribution in [-0.4, -0.2) is 30.3 Å². The third-order valence-corrected chi connectivity index (χ3v) is 4.07. The van der Waals surface area contributed by atoms with E-state index < -0.39 is 12.6 Å². The quantitative estimate of drug-likeness (QED) is 0.605. The van der Waals surface area contributed by atoms with Crippen LogP contribution in [0.1, 0.15) is 36.8 Å². The number of hydrogen-bond donors (Lipinski definition) is 1. The van der Waals surface area contributed by atoms with E-state index in [9.17, 15) is 9.59 Å². The Kier molecular flexibility index (Phi) is 5.41. The molecule has 0 aliphatic carbocycles. The molecule has 0 fully saturated rings. The Morgan fingerprint density at radius 2 is 1.88 bits per heavy atom. The van der Waals surface area contributed by atoms with Crippen LogP contribution in [0.4, 0.5) is 0 Å². The minimum Gasteiger partial charge on any atom is -0.494 e. The van der Waals surface area contributed by atoms with Crippen LogP contribution < -0.4 is 14.2 Å². The van der Waals surface area contributed by atoms with E-state index >= 15 is 0 Å². The monoisotopic (exact) mass is 356 g/mol. The molecule has 136 valence electrons. The first-order valence-corrected chi connectivity index (χ1v) is 8.48. The fourth-order valence-corrected chi connectivity index (χ4v) is 2.88. The van der Waals surface area contributed by atoms with E-state index in [0.29, 0.717) is 18.1 Å². The third kappa shape index (κ3) is 4.14. The van der Waals surface area contributed by atoms with Gasteiger partial charge in [-0.2, -0.15) is 0 Å². The van der Waals surface area contributed by atoms with Gasteiger partial charge >= 0.3 is 11.9 Å². The first-order valence-electron chi connectivity index (χ1n) is 8.48. The maximum absolute atomic E-state index is 12.0. The second-order valence-electron chi connectivity index (χ2n) is 6.03. The summed E-state index contributed by atoms with van der Waals surface area (Å²) in [5.74, 6) is 0.0298. The van der Waals surface area contributed by atoms with E-state index in [4.69, 9.17) is 19.3 Å². The van der Waals surface area contributed by atoms with Crippen molar-refractivity contribution < 1.29 is 28.9 Å².